The first kappa shape index (κ1) is 61.1. The van der Waals surface area contributed by atoms with E-state index in [9.17, 15) is 27.9 Å². The van der Waals surface area contributed by atoms with Gasteiger partial charge in [0.25, 0.3) is 11.4 Å². The van der Waals surface area contributed by atoms with Gasteiger partial charge in [0.2, 0.25) is 0 Å². The molecule has 0 fully saturated rings. The first-order valence-electron chi connectivity index (χ1n) is 22.7. The summed E-state index contributed by atoms with van der Waals surface area (Å²) in [5.74, 6) is 0.559. The molecule has 12 nitrogen and oxygen atoms in total. The molecule has 0 aliphatic heterocycles. The van der Waals surface area contributed by atoms with E-state index in [2.05, 4.69) is 9.69 Å². The Morgan fingerprint density at radius 1 is 0.649 bits per heavy atom. The second kappa shape index (κ2) is 32.8. The van der Waals surface area contributed by atoms with E-state index >= 15 is 0 Å². The molecular formula is C59H61F3N6O6. The van der Waals surface area contributed by atoms with Crippen LogP contribution in [0, 0.1) is 35.8 Å². The molecule has 0 unspecified atom stereocenters. The third kappa shape index (κ3) is 19.6. The first-order valence-corrected chi connectivity index (χ1v) is 22.7. The van der Waals surface area contributed by atoms with Crippen molar-refractivity contribution in [2.24, 2.45) is 0 Å². The summed E-state index contributed by atoms with van der Waals surface area (Å²) in [5.41, 5.74) is 6.62. The van der Waals surface area contributed by atoms with E-state index in [1.807, 2.05) is 103 Å². The fraction of sp³-hybridized carbons (Fsp3) is 0.254. The highest BCUT2D eigenvalue weighted by molar-refractivity contribution is 6.11. The number of alkyl halides is 3. The fourth-order valence-corrected chi connectivity index (χ4v) is 6.50. The molecule has 0 heterocycles. The van der Waals surface area contributed by atoms with Crippen molar-refractivity contribution in [1.82, 2.24) is 0 Å². The number of methoxy groups -OCH3 is 2. The van der Waals surface area contributed by atoms with E-state index in [4.69, 9.17) is 37.9 Å². The van der Waals surface area contributed by atoms with Gasteiger partial charge >= 0.3 is 0 Å². The summed E-state index contributed by atoms with van der Waals surface area (Å²) in [4.78, 5) is 34.2. The van der Waals surface area contributed by atoms with E-state index in [0.29, 0.717) is 59.0 Å². The van der Waals surface area contributed by atoms with Crippen LogP contribution in [0.3, 0.4) is 0 Å². The number of benzene rings is 5. The summed E-state index contributed by atoms with van der Waals surface area (Å²) in [5, 5.41) is 29.4. The lowest BCUT2D eigenvalue weighted by Crippen LogP contribution is -2.19. The number of nitriles is 2. The Kier molecular flexibility index (Phi) is 27.0. The quantitative estimate of drug-likeness (QED) is 0.0188. The molecule has 0 aliphatic carbocycles. The summed E-state index contributed by atoms with van der Waals surface area (Å²) in [6, 6.07) is 33.0. The number of anilines is 2. The van der Waals surface area contributed by atoms with E-state index in [1.54, 1.807) is 62.4 Å². The first-order chi connectivity index (χ1) is 35.2. The number of ether oxygens (including phenoxy) is 3. The molecule has 0 bridgehead atoms. The van der Waals surface area contributed by atoms with Gasteiger partial charge in [0.1, 0.15) is 13.3 Å². The largest absolute Gasteiger partial charge is 0.504 e. The number of hydrogen-bond donors (Lipinski definition) is 1. The van der Waals surface area contributed by atoms with Gasteiger partial charge in [-0.05, 0) is 125 Å². The van der Waals surface area contributed by atoms with E-state index in [-0.39, 0.29) is 62.5 Å². The van der Waals surface area contributed by atoms with Gasteiger partial charge in [-0.2, -0.15) is 0 Å². The van der Waals surface area contributed by atoms with Crippen LogP contribution in [-0.2, 0) is 9.59 Å². The third-order valence-corrected chi connectivity index (χ3v) is 10.8. The van der Waals surface area contributed by atoms with Crippen LogP contribution in [0.2, 0.25) is 0 Å². The topological polar surface area (TPSA) is 145 Å². The Hall–Kier alpha value is -9.05. The van der Waals surface area contributed by atoms with Crippen molar-refractivity contribution >= 4 is 57.5 Å². The Labute approximate surface area is 433 Å². The highest BCUT2D eigenvalue weighted by Crippen LogP contribution is 2.30. The minimum atomic E-state index is -0.456. The molecule has 0 saturated carbocycles. The van der Waals surface area contributed by atoms with Crippen molar-refractivity contribution in [2.45, 2.75) is 34.1 Å². The van der Waals surface area contributed by atoms with Gasteiger partial charge < -0.3 is 29.1 Å². The van der Waals surface area contributed by atoms with E-state index in [0.717, 1.165) is 33.3 Å². The van der Waals surface area contributed by atoms with Crippen LogP contribution in [0.5, 0.6) is 23.0 Å². The number of halogens is 3. The summed E-state index contributed by atoms with van der Waals surface area (Å²) in [6.45, 7) is 17.2. The summed E-state index contributed by atoms with van der Waals surface area (Å²) in [7, 11) is 6.62. The van der Waals surface area contributed by atoms with Gasteiger partial charge in [0.15, 0.2) is 34.6 Å². The van der Waals surface area contributed by atoms with Crippen molar-refractivity contribution < 1.29 is 42.1 Å². The number of ketones is 2. The minimum absolute atomic E-state index is 0. The molecule has 0 atom stereocenters. The molecule has 5 aromatic carbocycles. The molecule has 0 amide bonds. The molecule has 74 heavy (non-hydrogen) atoms. The summed E-state index contributed by atoms with van der Waals surface area (Å²) >= 11 is 0. The van der Waals surface area contributed by atoms with Crippen molar-refractivity contribution in [3.8, 4) is 35.1 Å². The predicted molar refractivity (Wildman–Crippen MR) is 291 cm³/mol. The number of fused-ring (bicyclic) bond motifs is 1. The van der Waals surface area contributed by atoms with Crippen LogP contribution in [0.1, 0.15) is 56.4 Å². The molecule has 5 aromatic rings. The zero-order chi connectivity index (χ0) is 53.7. The SMILES string of the molecule is C.COc1cc(/C=C/C(=O)CC(=O)/C=C/c2ccc(OCCC[18F])c(OC)c2)ccc1O.[C-]#[N+]/C(C#N)=C(/C)c1ccc2cc(N(C)CC[18F])ccc2c1.[C-]#[N+]/C(C#N)=C(C)\C=C\c1ccc(N(C)CC[18F])cc1. The second-order valence-corrected chi connectivity index (χ2v) is 15.9. The van der Waals surface area contributed by atoms with Gasteiger partial charge in [0.05, 0.1) is 59.2 Å². The van der Waals surface area contributed by atoms with Crippen molar-refractivity contribution in [1.29, 1.82) is 10.5 Å². The van der Waals surface area contributed by atoms with Crippen molar-refractivity contribution in [2.75, 3.05) is 77.8 Å². The van der Waals surface area contributed by atoms with Crippen molar-refractivity contribution in [3.63, 3.8) is 0 Å². The maximum atomic E-state index is 12.4. The minimum Gasteiger partial charge on any atom is -0.504 e. The van der Waals surface area contributed by atoms with Crippen LogP contribution >= 0.6 is 0 Å². The molecule has 0 aliphatic rings. The second-order valence-electron chi connectivity index (χ2n) is 15.9. The Bertz CT molecular complexity index is 2980. The average Bonchev–Trinajstić information content (AvgIpc) is 3.40. The number of hydrogen-bond acceptors (Lipinski definition) is 10. The Balaban J connectivity index is 0.000000389. The number of carbonyl (C=O) groups is 2. The highest BCUT2D eigenvalue weighted by atomic mass is 18.2. The average molecular weight is 1000 g/mol. The van der Waals surface area contributed by atoms with Gasteiger partial charge in [-0.1, -0.05) is 74.2 Å². The summed E-state index contributed by atoms with van der Waals surface area (Å²) < 4.78 is 52.6. The fourth-order valence-electron chi connectivity index (χ4n) is 6.50. The molecule has 384 valence electrons. The lowest BCUT2D eigenvalue weighted by Gasteiger charge is -2.18. The van der Waals surface area contributed by atoms with Crippen LogP contribution in [0.4, 0.5) is 24.5 Å². The number of aromatic hydroxyl groups is 1. The standard InChI is InChI=1S/C24H25FO6.C18H16FN3.C16H16FN3.CH4/c1-29-23-14-17(6-10-21(23)28)4-8-19(26)16-20(27)9-5-18-7-11-22(24(15-18)30-2)31-13-3-12-25;1-13(18(12-20)21-2)14-4-5-16-11-17(22(3)9-8-19)7-6-15(16)10-14;1-13(16(12-18)19-2)4-5-14-6-8-15(9-7-14)20(3)11-10-17;/h4-11,14-15,28H,3,12-13,16H2,1-2H3;4-7,10-11H,8-9H2,1,3H3;4-9H,10-11H2,1,3H3;1H4/b8-4+,9-5+;18-13-;5-4+,16-13-;/i25-1;19-1;17-1;. The number of allylic oxidation sites excluding steroid dienone is 7. The predicted octanol–water partition coefficient (Wildman–Crippen LogP) is 13.3. The molecule has 5 rings (SSSR count). The van der Waals surface area contributed by atoms with Gasteiger partial charge in [0, 0.05) is 45.0 Å². The lowest BCUT2D eigenvalue weighted by atomic mass is 10.0. The van der Waals surface area contributed by atoms with Crippen LogP contribution in [-0.4, -0.2) is 84.7 Å². The monoisotopic (exact) mass is 1000 g/mol. The van der Waals surface area contributed by atoms with Crippen LogP contribution < -0.4 is 24.0 Å². The molecule has 0 radical (unpaired) electrons. The van der Waals surface area contributed by atoms with Crippen LogP contribution in [0.25, 0.3) is 44.3 Å². The number of nitrogens with zero attached hydrogens (tertiary/aromatic N) is 6. The smallest absolute Gasteiger partial charge is 0.265 e. The maximum Gasteiger partial charge on any atom is 0.265 e. The Morgan fingerprint density at radius 2 is 1.16 bits per heavy atom. The number of rotatable bonds is 21. The molecular weight excluding hydrogens is 943 g/mol. The maximum absolute atomic E-state index is 12.4. The summed E-state index contributed by atoms with van der Waals surface area (Å²) in [6.07, 6.45) is 9.38. The lowest BCUT2D eigenvalue weighted by molar-refractivity contribution is -0.121. The van der Waals surface area contributed by atoms with E-state index in [1.165, 1.54) is 32.4 Å². The number of carbonyl (C=O) groups excluding carboxylic acids is 2. The van der Waals surface area contributed by atoms with Gasteiger partial charge in [-0.15, -0.1) is 0 Å². The number of phenols is 1. The third-order valence-electron chi connectivity index (χ3n) is 10.8. The van der Waals surface area contributed by atoms with Gasteiger partial charge in [-0.3, -0.25) is 14.0 Å². The highest BCUT2D eigenvalue weighted by Gasteiger charge is 2.10. The van der Waals surface area contributed by atoms with E-state index < -0.39 is 6.67 Å². The molecule has 0 aromatic heterocycles. The molecule has 1 N–H and O–H groups in total. The molecule has 15 heteroatoms. The number of phenolic OH excluding ortho intramolecular Hbond substituents is 1. The zero-order valence-electron chi connectivity index (χ0n) is 41.7. The normalized spacial score (nSPS) is 11.2. The van der Waals surface area contributed by atoms with Gasteiger partial charge in [-0.25, -0.2) is 29.0 Å². The Morgan fingerprint density at radius 3 is 1.72 bits per heavy atom. The van der Waals surface area contributed by atoms with Crippen molar-refractivity contribution in [3.05, 3.63) is 177 Å². The molecule has 0 saturated heterocycles. The van der Waals surface area contributed by atoms with Crippen LogP contribution in [0.15, 0.2) is 132 Å². The zero-order valence-corrected chi connectivity index (χ0v) is 41.7. The molecule has 0 spiro atoms.